The van der Waals surface area contributed by atoms with Gasteiger partial charge in [-0.3, -0.25) is 10.1 Å². The van der Waals surface area contributed by atoms with Crippen LogP contribution in [0.5, 0.6) is 0 Å². The molecule has 0 saturated heterocycles. The van der Waals surface area contributed by atoms with E-state index in [4.69, 9.17) is 0 Å². The molecular weight excluding hydrogens is 237 g/mol. The second-order valence-corrected chi connectivity index (χ2v) is 4.40. The SMILES string of the molecule is O=[N+]([O-])c1cccc(F)c1NCCCNC1CC1. The van der Waals surface area contributed by atoms with Gasteiger partial charge in [-0.2, -0.15) is 0 Å². The standard InChI is InChI=1S/C12H16FN3O2/c13-10-3-1-4-11(16(17)18)12(10)15-8-2-7-14-9-5-6-9/h1,3-4,9,14-15H,2,5-8H2. The van der Waals surface area contributed by atoms with Gasteiger partial charge >= 0.3 is 0 Å². The van der Waals surface area contributed by atoms with Gasteiger partial charge in [-0.1, -0.05) is 6.07 Å². The first-order valence-corrected chi connectivity index (χ1v) is 6.08. The number of nitrogens with one attached hydrogen (secondary N) is 2. The van der Waals surface area contributed by atoms with Crippen LogP contribution in [0.25, 0.3) is 0 Å². The summed E-state index contributed by atoms with van der Waals surface area (Å²) in [6, 6.07) is 4.51. The van der Waals surface area contributed by atoms with Crippen molar-refractivity contribution in [2.24, 2.45) is 0 Å². The Labute approximate surface area is 105 Å². The van der Waals surface area contributed by atoms with E-state index >= 15 is 0 Å². The molecule has 1 aliphatic carbocycles. The molecular formula is C12H16FN3O2. The molecule has 0 radical (unpaired) electrons. The summed E-state index contributed by atoms with van der Waals surface area (Å²) < 4.78 is 13.5. The molecule has 0 amide bonds. The minimum atomic E-state index is -0.584. The summed E-state index contributed by atoms with van der Waals surface area (Å²) >= 11 is 0. The fourth-order valence-electron chi connectivity index (χ4n) is 1.74. The van der Waals surface area contributed by atoms with Gasteiger partial charge in [0.05, 0.1) is 4.92 Å². The van der Waals surface area contributed by atoms with Gasteiger partial charge in [0, 0.05) is 18.7 Å². The highest BCUT2D eigenvalue weighted by molar-refractivity contribution is 5.62. The number of rotatable bonds is 7. The van der Waals surface area contributed by atoms with Crippen LogP contribution >= 0.6 is 0 Å². The summed E-state index contributed by atoms with van der Waals surface area (Å²) in [7, 11) is 0. The summed E-state index contributed by atoms with van der Waals surface area (Å²) in [5, 5.41) is 16.9. The molecule has 0 bridgehead atoms. The van der Waals surface area contributed by atoms with E-state index < -0.39 is 10.7 Å². The first kappa shape index (κ1) is 12.8. The number of para-hydroxylation sites is 1. The molecule has 0 atom stereocenters. The van der Waals surface area contributed by atoms with Crippen LogP contribution in [0.3, 0.4) is 0 Å². The van der Waals surface area contributed by atoms with E-state index in [0.717, 1.165) is 13.0 Å². The van der Waals surface area contributed by atoms with Crippen molar-refractivity contribution in [1.82, 2.24) is 5.32 Å². The Hall–Kier alpha value is -1.69. The number of halogens is 1. The molecule has 1 aromatic rings. The number of nitrogens with zero attached hydrogens (tertiary/aromatic N) is 1. The van der Waals surface area contributed by atoms with Crippen LogP contribution in [0.2, 0.25) is 0 Å². The Morgan fingerprint density at radius 1 is 1.39 bits per heavy atom. The Bertz CT molecular complexity index is 435. The van der Waals surface area contributed by atoms with Crippen molar-refractivity contribution < 1.29 is 9.31 Å². The van der Waals surface area contributed by atoms with Gasteiger partial charge in [-0.15, -0.1) is 0 Å². The Morgan fingerprint density at radius 3 is 2.83 bits per heavy atom. The van der Waals surface area contributed by atoms with Crippen LogP contribution < -0.4 is 10.6 Å². The van der Waals surface area contributed by atoms with Crippen LogP contribution in [0, 0.1) is 15.9 Å². The van der Waals surface area contributed by atoms with Gasteiger partial charge in [0.15, 0.2) is 5.82 Å². The van der Waals surface area contributed by atoms with Crippen molar-refractivity contribution in [3.63, 3.8) is 0 Å². The topological polar surface area (TPSA) is 67.2 Å². The average molecular weight is 253 g/mol. The summed E-state index contributed by atoms with van der Waals surface area (Å²) in [6.45, 7) is 1.36. The van der Waals surface area contributed by atoms with Gasteiger partial charge in [0.1, 0.15) is 5.69 Å². The fraction of sp³-hybridized carbons (Fsp3) is 0.500. The van der Waals surface area contributed by atoms with Crippen LogP contribution in [0.1, 0.15) is 19.3 Å². The number of anilines is 1. The molecule has 0 unspecified atom stereocenters. The van der Waals surface area contributed by atoms with Crippen molar-refractivity contribution >= 4 is 11.4 Å². The van der Waals surface area contributed by atoms with Gasteiger partial charge in [0.2, 0.25) is 0 Å². The first-order chi connectivity index (χ1) is 8.68. The molecule has 1 aliphatic rings. The van der Waals surface area contributed by atoms with Crippen LogP contribution in [0.4, 0.5) is 15.8 Å². The van der Waals surface area contributed by atoms with Crippen molar-refractivity contribution in [3.8, 4) is 0 Å². The molecule has 2 rings (SSSR count). The molecule has 18 heavy (non-hydrogen) atoms. The van der Waals surface area contributed by atoms with Crippen molar-refractivity contribution in [3.05, 3.63) is 34.1 Å². The lowest BCUT2D eigenvalue weighted by Gasteiger charge is -2.08. The number of hydrogen-bond acceptors (Lipinski definition) is 4. The second-order valence-electron chi connectivity index (χ2n) is 4.40. The van der Waals surface area contributed by atoms with Gasteiger partial charge < -0.3 is 10.6 Å². The lowest BCUT2D eigenvalue weighted by atomic mass is 10.2. The summed E-state index contributed by atoms with van der Waals surface area (Å²) in [4.78, 5) is 10.2. The van der Waals surface area contributed by atoms with E-state index in [1.54, 1.807) is 0 Å². The highest BCUT2D eigenvalue weighted by Crippen LogP contribution is 2.26. The van der Waals surface area contributed by atoms with Crippen molar-refractivity contribution in [2.75, 3.05) is 18.4 Å². The summed E-state index contributed by atoms with van der Waals surface area (Å²) in [5.74, 6) is -0.584. The molecule has 6 heteroatoms. The third-order valence-electron chi connectivity index (χ3n) is 2.85. The minimum Gasteiger partial charge on any atom is -0.377 e. The van der Waals surface area contributed by atoms with E-state index in [9.17, 15) is 14.5 Å². The maximum Gasteiger partial charge on any atom is 0.295 e. The quantitative estimate of drug-likeness (QED) is 0.444. The molecule has 0 aromatic heterocycles. The van der Waals surface area contributed by atoms with E-state index in [0.29, 0.717) is 12.6 Å². The predicted molar refractivity (Wildman–Crippen MR) is 67.2 cm³/mol. The first-order valence-electron chi connectivity index (χ1n) is 6.08. The van der Waals surface area contributed by atoms with Crippen LogP contribution in [-0.4, -0.2) is 24.1 Å². The Balaban J connectivity index is 1.84. The molecule has 1 saturated carbocycles. The van der Waals surface area contributed by atoms with Crippen molar-refractivity contribution in [1.29, 1.82) is 0 Å². The molecule has 2 N–H and O–H groups in total. The molecule has 98 valence electrons. The molecule has 5 nitrogen and oxygen atoms in total. The van der Waals surface area contributed by atoms with E-state index in [1.807, 2.05) is 0 Å². The second kappa shape index (κ2) is 5.77. The van der Waals surface area contributed by atoms with E-state index in [-0.39, 0.29) is 11.4 Å². The number of nitro groups is 1. The maximum absolute atomic E-state index is 13.5. The normalized spacial score (nSPS) is 14.5. The molecule has 0 heterocycles. The van der Waals surface area contributed by atoms with Crippen molar-refractivity contribution in [2.45, 2.75) is 25.3 Å². The number of benzene rings is 1. The lowest BCUT2D eigenvalue weighted by molar-refractivity contribution is -0.384. The monoisotopic (exact) mass is 253 g/mol. The zero-order chi connectivity index (χ0) is 13.0. The number of hydrogen-bond donors (Lipinski definition) is 2. The zero-order valence-corrected chi connectivity index (χ0v) is 9.99. The molecule has 0 aliphatic heterocycles. The van der Waals surface area contributed by atoms with E-state index in [1.165, 1.54) is 31.0 Å². The Kier molecular flexibility index (Phi) is 4.09. The third kappa shape index (κ3) is 3.40. The number of nitro benzene ring substituents is 1. The molecule has 1 fully saturated rings. The predicted octanol–water partition coefficient (Wildman–Crippen LogP) is 2.29. The highest BCUT2D eigenvalue weighted by atomic mass is 19.1. The lowest BCUT2D eigenvalue weighted by Crippen LogP contribution is -2.20. The molecule has 0 spiro atoms. The maximum atomic E-state index is 13.5. The fourth-order valence-corrected chi connectivity index (χ4v) is 1.74. The smallest absolute Gasteiger partial charge is 0.295 e. The van der Waals surface area contributed by atoms with Crippen LogP contribution in [-0.2, 0) is 0 Å². The van der Waals surface area contributed by atoms with Gasteiger partial charge in [-0.05, 0) is 31.9 Å². The van der Waals surface area contributed by atoms with Gasteiger partial charge in [0.25, 0.3) is 5.69 Å². The largest absolute Gasteiger partial charge is 0.377 e. The van der Waals surface area contributed by atoms with Crippen LogP contribution in [0.15, 0.2) is 18.2 Å². The third-order valence-corrected chi connectivity index (χ3v) is 2.85. The van der Waals surface area contributed by atoms with E-state index in [2.05, 4.69) is 10.6 Å². The Morgan fingerprint density at radius 2 is 2.17 bits per heavy atom. The summed E-state index contributed by atoms with van der Waals surface area (Å²) in [5.41, 5.74) is -0.237. The average Bonchev–Trinajstić information content (AvgIpc) is 3.14. The minimum absolute atomic E-state index is 0.0195. The summed E-state index contributed by atoms with van der Waals surface area (Å²) in [6.07, 6.45) is 3.26. The molecule has 1 aromatic carbocycles. The zero-order valence-electron chi connectivity index (χ0n) is 9.99. The van der Waals surface area contributed by atoms with Gasteiger partial charge in [-0.25, -0.2) is 4.39 Å². The highest BCUT2D eigenvalue weighted by Gasteiger charge is 2.20.